The number of rotatable bonds is 4. The van der Waals surface area contributed by atoms with Gasteiger partial charge in [-0.3, -0.25) is 9.78 Å². The van der Waals surface area contributed by atoms with Gasteiger partial charge in [0.25, 0.3) is 5.91 Å². The van der Waals surface area contributed by atoms with Gasteiger partial charge in [-0.15, -0.1) is 0 Å². The topological polar surface area (TPSA) is 42.4 Å². The SMILES string of the molecule is CCCC1COCCN1C(=O)c1cccc(-c2ccncc2C)c1. The molecule has 1 aromatic heterocycles. The number of amides is 1. The molecule has 1 fully saturated rings. The van der Waals surface area contributed by atoms with Gasteiger partial charge in [-0.2, -0.15) is 0 Å². The van der Waals surface area contributed by atoms with E-state index in [1.54, 1.807) is 6.20 Å². The van der Waals surface area contributed by atoms with E-state index in [1.165, 1.54) is 0 Å². The van der Waals surface area contributed by atoms with Gasteiger partial charge in [-0.1, -0.05) is 25.5 Å². The molecule has 1 unspecified atom stereocenters. The van der Waals surface area contributed by atoms with E-state index < -0.39 is 0 Å². The smallest absolute Gasteiger partial charge is 0.254 e. The molecule has 0 radical (unpaired) electrons. The lowest BCUT2D eigenvalue weighted by atomic mass is 9.99. The van der Waals surface area contributed by atoms with Gasteiger partial charge in [-0.05, 0) is 48.2 Å². The second kappa shape index (κ2) is 7.58. The predicted molar refractivity (Wildman–Crippen MR) is 95.0 cm³/mol. The summed E-state index contributed by atoms with van der Waals surface area (Å²) >= 11 is 0. The highest BCUT2D eigenvalue weighted by atomic mass is 16.5. The zero-order chi connectivity index (χ0) is 16.9. The van der Waals surface area contributed by atoms with Crippen LogP contribution in [0.3, 0.4) is 0 Å². The number of morpholine rings is 1. The Bertz CT molecular complexity index is 712. The van der Waals surface area contributed by atoms with Crippen LogP contribution in [-0.2, 0) is 4.74 Å². The number of carbonyl (C=O) groups is 1. The number of hydrogen-bond acceptors (Lipinski definition) is 3. The summed E-state index contributed by atoms with van der Waals surface area (Å²) in [5.41, 5.74) is 4.02. The Hall–Kier alpha value is -2.20. The second-order valence-corrected chi connectivity index (χ2v) is 6.29. The van der Waals surface area contributed by atoms with Crippen LogP contribution in [0.25, 0.3) is 11.1 Å². The summed E-state index contributed by atoms with van der Waals surface area (Å²) in [7, 11) is 0. The van der Waals surface area contributed by atoms with Crippen LogP contribution in [0.5, 0.6) is 0 Å². The van der Waals surface area contributed by atoms with E-state index in [1.807, 2.05) is 48.4 Å². The molecule has 4 nitrogen and oxygen atoms in total. The summed E-state index contributed by atoms with van der Waals surface area (Å²) < 4.78 is 5.56. The first kappa shape index (κ1) is 16.7. The van der Waals surface area contributed by atoms with Crippen molar-refractivity contribution >= 4 is 5.91 Å². The van der Waals surface area contributed by atoms with Gasteiger partial charge in [0.05, 0.1) is 19.3 Å². The summed E-state index contributed by atoms with van der Waals surface area (Å²) in [6, 6.07) is 10.1. The van der Waals surface area contributed by atoms with Crippen molar-refractivity contribution in [2.24, 2.45) is 0 Å². The van der Waals surface area contributed by atoms with Gasteiger partial charge in [0, 0.05) is 24.5 Å². The third-order valence-corrected chi connectivity index (χ3v) is 4.55. The van der Waals surface area contributed by atoms with Gasteiger partial charge in [0.1, 0.15) is 0 Å². The minimum Gasteiger partial charge on any atom is -0.377 e. The number of aromatic nitrogens is 1. The number of aryl methyl sites for hydroxylation is 1. The zero-order valence-corrected chi connectivity index (χ0v) is 14.4. The largest absolute Gasteiger partial charge is 0.377 e. The Labute approximate surface area is 143 Å². The molecule has 126 valence electrons. The standard InChI is InChI=1S/C20H24N2O2/c1-3-5-18-14-24-11-10-22(18)20(23)17-7-4-6-16(12-17)19-8-9-21-13-15(19)2/h4,6-9,12-13,18H,3,5,10-11,14H2,1-2H3. The molecule has 1 saturated heterocycles. The van der Waals surface area contributed by atoms with Crippen LogP contribution in [0.2, 0.25) is 0 Å². The molecule has 0 bridgehead atoms. The van der Waals surface area contributed by atoms with Crippen LogP contribution in [0, 0.1) is 6.92 Å². The van der Waals surface area contributed by atoms with Crippen LogP contribution in [-0.4, -0.2) is 41.6 Å². The molecule has 0 spiro atoms. The summed E-state index contributed by atoms with van der Waals surface area (Å²) in [6.07, 6.45) is 5.67. The van der Waals surface area contributed by atoms with Gasteiger partial charge in [0.15, 0.2) is 0 Å². The first-order valence-corrected chi connectivity index (χ1v) is 8.60. The van der Waals surface area contributed by atoms with E-state index in [0.717, 1.165) is 35.1 Å². The molecule has 4 heteroatoms. The highest BCUT2D eigenvalue weighted by Gasteiger charge is 2.27. The number of ether oxygens (including phenoxy) is 1. The average Bonchev–Trinajstić information content (AvgIpc) is 2.62. The van der Waals surface area contributed by atoms with E-state index in [9.17, 15) is 4.79 Å². The quantitative estimate of drug-likeness (QED) is 0.861. The molecule has 1 aliphatic heterocycles. The fourth-order valence-electron chi connectivity index (χ4n) is 3.28. The fraction of sp³-hybridized carbons (Fsp3) is 0.400. The van der Waals surface area contributed by atoms with Crippen LogP contribution in [0.15, 0.2) is 42.7 Å². The van der Waals surface area contributed by atoms with Gasteiger partial charge in [0.2, 0.25) is 0 Å². The molecule has 0 N–H and O–H groups in total. The first-order chi connectivity index (χ1) is 11.7. The molecule has 0 saturated carbocycles. The van der Waals surface area contributed by atoms with Crippen molar-refractivity contribution in [1.82, 2.24) is 9.88 Å². The number of pyridine rings is 1. The molecule has 2 heterocycles. The van der Waals surface area contributed by atoms with Crippen LogP contribution < -0.4 is 0 Å². The zero-order valence-electron chi connectivity index (χ0n) is 14.4. The third-order valence-electron chi connectivity index (χ3n) is 4.55. The van der Waals surface area contributed by atoms with Crippen molar-refractivity contribution in [3.8, 4) is 11.1 Å². The summed E-state index contributed by atoms with van der Waals surface area (Å²) in [5, 5.41) is 0. The second-order valence-electron chi connectivity index (χ2n) is 6.29. The molecule has 1 aromatic carbocycles. The maximum Gasteiger partial charge on any atom is 0.254 e. The lowest BCUT2D eigenvalue weighted by molar-refractivity contribution is -0.00433. The first-order valence-electron chi connectivity index (χ1n) is 8.60. The van der Waals surface area contributed by atoms with E-state index in [-0.39, 0.29) is 11.9 Å². The summed E-state index contributed by atoms with van der Waals surface area (Å²) in [4.78, 5) is 19.1. The van der Waals surface area contributed by atoms with E-state index >= 15 is 0 Å². The Morgan fingerprint density at radius 3 is 3.04 bits per heavy atom. The predicted octanol–water partition coefficient (Wildman–Crippen LogP) is 3.70. The van der Waals surface area contributed by atoms with Crippen LogP contribution in [0.4, 0.5) is 0 Å². The molecule has 0 aliphatic carbocycles. The average molecular weight is 324 g/mol. The van der Waals surface area contributed by atoms with Crippen molar-refractivity contribution in [2.75, 3.05) is 19.8 Å². The molecule has 1 aliphatic rings. The summed E-state index contributed by atoms with van der Waals surface area (Å²) in [6.45, 7) is 6.11. The highest BCUT2D eigenvalue weighted by Crippen LogP contribution is 2.24. The minimum absolute atomic E-state index is 0.102. The third kappa shape index (κ3) is 3.49. The molecule has 3 rings (SSSR count). The molecule has 1 amide bonds. The van der Waals surface area contributed by atoms with E-state index in [0.29, 0.717) is 19.8 Å². The van der Waals surface area contributed by atoms with Crippen LogP contribution in [0.1, 0.15) is 35.7 Å². The van der Waals surface area contributed by atoms with Crippen molar-refractivity contribution in [1.29, 1.82) is 0 Å². The van der Waals surface area contributed by atoms with Crippen molar-refractivity contribution in [2.45, 2.75) is 32.7 Å². The highest BCUT2D eigenvalue weighted by molar-refractivity contribution is 5.95. The maximum absolute atomic E-state index is 13.0. The van der Waals surface area contributed by atoms with Gasteiger partial charge >= 0.3 is 0 Å². The Kier molecular flexibility index (Phi) is 5.26. The molecular weight excluding hydrogens is 300 g/mol. The minimum atomic E-state index is 0.102. The normalized spacial score (nSPS) is 17.8. The lowest BCUT2D eigenvalue weighted by Gasteiger charge is -2.35. The Morgan fingerprint density at radius 2 is 2.25 bits per heavy atom. The van der Waals surface area contributed by atoms with E-state index in [2.05, 4.69) is 11.9 Å². The van der Waals surface area contributed by atoms with Gasteiger partial charge < -0.3 is 9.64 Å². The Morgan fingerprint density at radius 1 is 1.38 bits per heavy atom. The van der Waals surface area contributed by atoms with Crippen molar-refractivity contribution in [3.63, 3.8) is 0 Å². The number of carbonyl (C=O) groups excluding carboxylic acids is 1. The fourth-order valence-corrected chi connectivity index (χ4v) is 3.28. The number of hydrogen-bond donors (Lipinski definition) is 0. The lowest BCUT2D eigenvalue weighted by Crippen LogP contribution is -2.48. The molecule has 24 heavy (non-hydrogen) atoms. The molecule has 1 atom stereocenters. The maximum atomic E-state index is 13.0. The number of nitrogens with zero attached hydrogens (tertiary/aromatic N) is 2. The summed E-state index contributed by atoms with van der Waals surface area (Å²) in [5.74, 6) is 0.102. The van der Waals surface area contributed by atoms with E-state index in [4.69, 9.17) is 4.74 Å². The van der Waals surface area contributed by atoms with Crippen molar-refractivity contribution in [3.05, 3.63) is 53.9 Å². The van der Waals surface area contributed by atoms with Crippen molar-refractivity contribution < 1.29 is 9.53 Å². The molecular formula is C20H24N2O2. The van der Waals surface area contributed by atoms with Crippen LogP contribution >= 0.6 is 0 Å². The molecule has 2 aromatic rings. The monoisotopic (exact) mass is 324 g/mol. The number of benzene rings is 1. The Balaban J connectivity index is 1.88. The van der Waals surface area contributed by atoms with Gasteiger partial charge in [-0.25, -0.2) is 0 Å².